The van der Waals surface area contributed by atoms with Crippen LogP contribution in [0.5, 0.6) is 0 Å². The molecule has 2 aromatic rings. The maximum atomic E-state index is 16.3. The maximum Gasteiger partial charge on any atom is 0.201 e. The van der Waals surface area contributed by atoms with Crippen LogP contribution in [-0.4, -0.2) is 26.2 Å². The van der Waals surface area contributed by atoms with Crippen molar-refractivity contribution in [3.05, 3.63) is 100 Å². The summed E-state index contributed by atoms with van der Waals surface area (Å²) >= 11 is 6.87. The standard InChI is InChI=1S/C33H42ClF2N3OS2/c1-8-10-12-24(22(4)38-18-17-21(3)9-2)27-16-15-25(30(34)32(27)37)26-13-11-14-29(31(26)36)42(6,7)41-28-19-23(35)20-39-33(28)40-5/h11-19,21,38-39H,4,8-10,20,37H2,1-3,5-7H3/b18-17-,24-12-. The van der Waals surface area contributed by atoms with Crippen LogP contribution < -0.4 is 16.4 Å². The van der Waals surface area contributed by atoms with Crippen LogP contribution in [0.4, 0.5) is 14.5 Å². The molecule has 228 valence electrons. The van der Waals surface area contributed by atoms with E-state index < -0.39 is 9.06 Å². The lowest BCUT2D eigenvalue weighted by Crippen LogP contribution is -2.21. The van der Waals surface area contributed by atoms with E-state index in [1.165, 1.54) is 24.0 Å². The number of nitrogens with two attached hydrogens (primary N) is 1. The van der Waals surface area contributed by atoms with Crippen molar-refractivity contribution in [3.8, 4) is 11.1 Å². The second-order valence-corrected chi connectivity index (χ2v) is 17.3. The Labute approximate surface area is 259 Å². The van der Waals surface area contributed by atoms with Gasteiger partial charge in [-0.15, -0.1) is 0 Å². The Bertz CT molecular complexity index is 1430. The third-order valence-corrected chi connectivity index (χ3v) is 12.0. The van der Waals surface area contributed by atoms with E-state index in [9.17, 15) is 4.39 Å². The number of halogens is 3. The first-order valence-corrected chi connectivity index (χ1v) is 18.1. The van der Waals surface area contributed by atoms with Gasteiger partial charge in [0, 0.05) is 32.9 Å². The number of allylic oxidation sites excluding steroid dienone is 4. The number of hydrogen-bond acceptors (Lipinski definition) is 5. The van der Waals surface area contributed by atoms with Crippen LogP contribution in [0.1, 0.15) is 45.6 Å². The molecule has 0 aromatic heterocycles. The molecule has 2 aromatic carbocycles. The van der Waals surface area contributed by atoms with Crippen LogP contribution in [0.15, 0.2) is 88.5 Å². The van der Waals surface area contributed by atoms with Gasteiger partial charge in [-0.25, -0.2) is 8.78 Å². The number of dihydropyridines is 1. The van der Waals surface area contributed by atoms with Gasteiger partial charge in [-0.05, 0) is 43.2 Å². The first kappa shape index (κ1) is 33.7. The highest BCUT2D eigenvalue weighted by Crippen LogP contribution is 2.65. The molecule has 0 fully saturated rings. The number of unbranched alkanes of at least 4 members (excludes halogenated alkanes) is 1. The summed E-state index contributed by atoms with van der Waals surface area (Å²) < 4.78 is 35.7. The first-order valence-electron chi connectivity index (χ1n) is 14.0. The Morgan fingerprint density at radius 2 is 1.98 bits per heavy atom. The summed E-state index contributed by atoms with van der Waals surface area (Å²) in [6.07, 6.45) is 14.3. The summed E-state index contributed by atoms with van der Waals surface area (Å²) in [5, 5.41) is 6.48. The van der Waals surface area contributed by atoms with E-state index in [1.54, 1.807) is 12.1 Å². The molecule has 42 heavy (non-hydrogen) atoms. The monoisotopic (exact) mass is 633 g/mol. The predicted molar refractivity (Wildman–Crippen MR) is 182 cm³/mol. The molecule has 9 heteroatoms. The summed E-state index contributed by atoms with van der Waals surface area (Å²) in [6.45, 7) is 10.7. The van der Waals surface area contributed by atoms with Gasteiger partial charge in [0.25, 0.3) is 0 Å². The molecule has 1 heterocycles. The molecule has 0 aliphatic carbocycles. The Hall–Kier alpha value is -2.81. The van der Waals surface area contributed by atoms with Gasteiger partial charge in [-0.2, -0.15) is 9.06 Å². The Morgan fingerprint density at radius 3 is 2.64 bits per heavy atom. The molecule has 0 spiro atoms. The molecule has 0 bridgehead atoms. The largest absolute Gasteiger partial charge is 0.482 e. The lowest BCUT2D eigenvalue weighted by Gasteiger charge is -2.33. The van der Waals surface area contributed by atoms with Gasteiger partial charge < -0.3 is 21.1 Å². The third kappa shape index (κ3) is 7.97. The average molecular weight is 634 g/mol. The summed E-state index contributed by atoms with van der Waals surface area (Å²) in [6, 6.07) is 8.97. The second-order valence-electron chi connectivity index (χ2n) is 10.4. The van der Waals surface area contributed by atoms with Crippen LogP contribution in [0.25, 0.3) is 16.7 Å². The highest BCUT2D eigenvalue weighted by atomic mass is 35.5. The van der Waals surface area contributed by atoms with Crippen molar-refractivity contribution in [1.29, 1.82) is 0 Å². The van der Waals surface area contributed by atoms with Gasteiger partial charge in [0.1, 0.15) is 11.6 Å². The number of methoxy groups -OCH3 is 1. The number of rotatable bonds is 13. The number of anilines is 1. The van der Waals surface area contributed by atoms with Crippen LogP contribution in [0.2, 0.25) is 5.02 Å². The minimum absolute atomic E-state index is 0.0658. The molecule has 1 unspecified atom stereocenters. The Balaban J connectivity index is 2.00. The van der Waals surface area contributed by atoms with Crippen LogP contribution in [0, 0.1) is 11.7 Å². The number of ether oxygens (including phenoxy) is 1. The zero-order valence-corrected chi connectivity index (χ0v) is 27.6. The van der Waals surface area contributed by atoms with E-state index in [1.807, 2.05) is 36.9 Å². The molecule has 4 nitrogen and oxygen atoms in total. The van der Waals surface area contributed by atoms with Crippen molar-refractivity contribution in [1.82, 2.24) is 10.6 Å². The van der Waals surface area contributed by atoms with Crippen LogP contribution in [0.3, 0.4) is 0 Å². The van der Waals surface area contributed by atoms with Crippen molar-refractivity contribution in [2.45, 2.75) is 44.9 Å². The minimum Gasteiger partial charge on any atom is -0.482 e. The maximum absolute atomic E-state index is 16.3. The van der Waals surface area contributed by atoms with Gasteiger partial charge in [0.15, 0.2) is 0 Å². The third-order valence-electron chi connectivity index (χ3n) is 6.97. The van der Waals surface area contributed by atoms with Crippen molar-refractivity contribution >= 4 is 42.7 Å². The summed E-state index contributed by atoms with van der Waals surface area (Å²) in [4.78, 5) is 1.12. The van der Waals surface area contributed by atoms with E-state index in [4.69, 9.17) is 22.1 Å². The molecule has 0 amide bonds. The van der Waals surface area contributed by atoms with Crippen molar-refractivity contribution in [3.63, 3.8) is 0 Å². The fraction of sp³-hybridized carbons (Fsp3) is 0.333. The molecule has 1 atom stereocenters. The molecular formula is C33H42ClF2N3OS2. The minimum atomic E-state index is -1.83. The van der Waals surface area contributed by atoms with Crippen LogP contribution >= 0.6 is 31.5 Å². The van der Waals surface area contributed by atoms with Gasteiger partial charge in [0.05, 0.1) is 29.3 Å². The molecule has 4 N–H and O–H groups in total. The number of nitrogen functional groups attached to an aromatic ring is 1. The van der Waals surface area contributed by atoms with E-state index in [-0.39, 0.29) is 23.2 Å². The van der Waals surface area contributed by atoms with Crippen LogP contribution in [-0.2, 0) is 4.74 Å². The lowest BCUT2D eigenvalue weighted by atomic mass is 9.95. The van der Waals surface area contributed by atoms with E-state index in [0.29, 0.717) is 44.1 Å². The zero-order chi connectivity index (χ0) is 31.0. The fourth-order valence-electron chi connectivity index (χ4n) is 4.36. The van der Waals surface area contributed by atoms with Gasteiger partial charge >= 0.3 is 0 Å². The predicted octanol–water partition coefficient (Wildman–Crippen LogP) is 9.92. The van der Waals surface area contributed by atoms with Crippen molar-refractivity contribution in [2.24, 2.45) is 5.92 Å². The molecule has 0 saturated heterocycles. The van der Waals surface area contributed by atoms with E-state index >= 15 is 4.39 Å². The Morgan fingerprint density at radius 1 is 1.24 bits per heavy atom. The van der Waals surface area contributed by atoms with Gasteiger partial charge in [-0.3, -0.25) is 0 Å². The molecular weight excluding hydrogens is 592 g/mol. The van der Waals surface area contributed by atoms with E-state index in [0.717, 1.165) is 30.4 Å². The van der Waals surface area contributed by atoms with Crippen molar-refractivity contribution < 1.29 is 13.5 Å². The van der Waals surface area contributed by atoms with E-state index in [2.05, 4.69) is 50.1 Å². The Kier molecular flexibility index (Phi) is 12.1. The van der Waals surface area contributed by atoms with Crippen molar-refractivity contribution in [2.75, 3.05) is 31.9 Å². The molecule has 0 saturated carbocycles. The summed E-state index contributed by atoms with van der Waals surface area (Å²) in [7, 11) is 1.09. The highest BCUT2D eigenvalue weighted by Gasteiger charge is 2.27. The number of nitrogens with one attached hydrogen (secondary N) is 2. The zero-order valence-electron chi connectivity index (χ0n) is 25.2. The quantitative estimate of drug-likeness (QED) is 0.116. The summed E-state index contributed by atoms with van der Waals surface area (Å²) in [5.74, 6) is 0.235. The lowest BCUT2D eigenvalue weighted by molar-refractivity contribution is 0.258. The normalized spacial score (nSPS) is 15.4. The van der Waals surface area contributed by atoms with Gasteiger partial charge in [0.2, 0.25) is 5.88 Å². The average Bonchev–Trinajstić information content (AvgIpc) is 2.95. The summed E-state index contributed by atoms with van der Waals surface area (Å²) in [5.41, 5.74) is 10.1. The highest BCUT2D eigenvalue weighted by molar-refractivity contribution is 8.94. The molecule has 3 rings (SSSR count). The second kappa shape index (κ2) is 15.1. The smallest absolute Gasteiger partial charge is 0.201 e. The SMILES string of the molecule is C=C(N/C=C\C(C)CC)/C(=C/CCC)c1ccc(-c2cccc(S(C)(C)SC3=C(OC)NCC(F)=C3)c2F)c(Cl)c1N. The number of benzene rings is 2. The molecule has 1 aliphatic rings. The molecule has 0 radical (unpaired) electrons. The van der Waals surface area contributed by atoms with Gasteiger partial charge in [-0.1, -0.05) is 99.0 Å². The molecule has 1 aliphatic heterocycles. The topological polar surface area (TPSA) is 59.3 Å². The first-order chi connectivity index (χ1) is 19.9. The number of hydrogen-bond donors (Lipinski definition) is 3. The fourth-order valence-corrected chi connectivity index (χ4v) is 8.89.